The Hall–Kier alpha value is -1.14. The molecule has 1 aromatic rings. The van der Waals surface area contributed by atoms with Gasteiger partial charge < -0.3 is 19.4 Å². The highest BCUT2D eigenvalue weighted by Gasteiger charge is 2.24. The van der Waals surface area contributed by atoms with Crippen molar-refractivity contribution < 1.29 is 9.15 Å². The molecule has 6 heteroatoms. The van der Waals surface area contributed by atoms with Crippen LogP contribution in [-0.4, -0.2) is 42.5 Å². The Bertz CT molecular complexity index is 369. The maximum atomic E-state index is 5.72. The van der Waals surface area contributed by atoms with Gasteiger partial charge in [-0.3, -0.25) is 0 Å². The van der Waals surface area contributed by atoms with Gasteiger partial charge in [-0.05, 0) is 19.9 Å². The monoisotopic (exact) mass is 254 g/mol. The maximum absolute atomic E-state index is 5.72. The second kappa shape index (κ2) is 6.15. The van der Waals surface area contributed by atoms with Gasteiger partial charge in [-0.25, -0.2) is 0 Å². The molecule has 0 aliphatic carbocycles. The second-order valence-electron chi connectivity index (χ2n) is 4.55. The summed E-state index contributed by atoms with van der Waals surface area (Å²) < 4.78 is 11.3. The van der Waals surface area contributed by atoms with Gasteiger partial charge in [0.25, 0.3) is 0 Å². The highest BCUT2D eigenvalue weighted by atomic mass is 16.5. The van der Waals surface area contributed by atoms with E-state index in [0.717, 1.165) is 32.7 Å². The second-order valence-corrected chi connectivity index (χ2v) is 4.55. The lowest BCUT2D eigenvalue weighted by atomic mass is 10.2. The molecule has 0 saturated carbocycles. The van der Waals surface area contributed by atoms with E-state index in [1.54, 1.807) is 0 Å². The maximum Gasteiger partial charge on any atom is 0.318 e. The molecule has 1 N–H and O–H groups in total. The number of rotatable bonds is 5. The summed E-state index contributed by atoms with van der Waals surface area (Å²) in [7, 11) is 0. The molecule has 2 atom stereocenters. The van der Waals surface area contributed by atoms with Crippen LogP contribution in [0.3, 0.4) is 0 Å². The molecule has 2 unspecified atom stereocenters. The lowest BCUT2D eigenvalue weighted by Gasteiger charge is -2.30. The van der Waals surface area contributed by atoms with Crippen molar-refractivity contribution in [1.29, 1.82) is 0 Å². The van der Waals surface area contributed by atoms with Crippen LogP contribution in [-0.2, 0) is 4.74 Å². The van der Waals surface area contributed by atoms with Gasteiger partial charge in [0.05, 0.1) is 18.8 Å². The van der Waals surface area contributed by atoms with Gasteiger partial charge in [0, 0.05) is 13.1 Å². The summed E-state index contributed by atoms with van der Waals surface area (Å²) in [5, 5.41) is 11.5. The van der Waals surface area contributed by atoms with E-state index in [9.17, 15) is 0 Å². The van der Waals surface area contributed by atoms with Crippen LogP contribution in [0.5, 0.6) is 0 Å². The Kier molecular flexibility index (Phi) is 4.54. The first-order chi connectivity index (χ1) is 8.74. The zero-order valence-electron chi connectivity index (χ0n) is 11.3. The number of hydrogen-bond donors (Lipinski definition) is 1. The first kappa shape index (κ1) is 13.3. The van der Waals surface area contributed by atoms with Gasteiger partial charge in [-0.2, -0.15) is 0 Å². The number of nitrogens with one attached hydrogen (secondary N) is 1. The summed E-state index contributed by atoms with van der Waals surface area (Å²) >= 11 is 0. The summed E-state index contributed by atoms with van der Waals surface area (Å²) in [5.74, 6) is 0.645. The average Bonchev–Trinajstić information content (AvgIpc) is 2.89. The first-order valence-corrected chi connectivity index (χ1v) is 6.67. The van der Waals surface area contributed by atoms with E-state index in [1.165, 1.54) is 0 Å². The van der Waals surface area contributed by atoms with Crippen LogP contribution in [0.2, 0.25) is 0 Å². The normalized spacial score (nSPS) is 22.2. The third-order valence-electron chi connectivity index (χ3n) is 3.18. The summed E-state index contributed by atoms with van der Waals surface area (Å²) in [5.41, 5.74) is 0. The third-order valence-corrected chi connectivity index (χ3v) is 3.18. The molecule has 1 aromatic heterocycles. The number of nitrogens with zero attached hydrogens (tertiary/aromatic N) is 3. The van der Waals surface area contributed by atoms with Crippen molar-refractivity contribution in [3.63, 3.8) is 0 Å². The van der Waals surface area contributed by atoms with Crippen molar-refractivity contribution in [3.8, 4) is 0 Å². The van der Waals surface area contributed by atoms with Crippen LogP contribution in [0.25, 0.3) is 0 Å². The van der Waals surface area contributed by atoms with E-state index in [0.29, 0.717) is 11.9 Å². The van der Waals surface area contributed by atoms with E-state index < -0.39 is 0 Å². The van der Waals surface area contributed by atoms with E-state index in [-0.39, 0.29) is 12.1 Å². The van der Waals surface area contributed by atoms with Gasteiger partial charge in [-0.1, -0.05) is 18.9 Å². The van der Waals surface area contributed by atoms with Gasteiger partial charge in [0.2, 0.25) is 5.89 Å². The quantitative estimate of drug-likeness (QED) is 0.856. The highest BCUT2D eigenvalue weighted by Crippen LogP contribution is 2.20. The van der Waals surface area contributed by atoms with E-state index >= 15 is 0 Å². The van der Waals surface area contributed by atoms with Crippen LogP contribution in [0, 0.1) is 0 Å². The van der Waals surface area contributed by atoms with Crippen LogP contribution in [0.15, 0.2) is 4.42 Å². The smallest absolute Gasteiger partial charge is 0.318 e. The molecule has 1 aliphatic heterocycles. The SMILES string of the molecule is CCNC(C)c1nnc(N2CCOC(CC)C2)o1. The number of ether oxygens (including phenoxy) is 1. The molecule has 2 heterocycles. The minimum atomic E-state index is 0.0965. The van der Waals surface area contributed by atoms with Crippen molar-refractivity contribution in [2.24, 2.45) is 0 Å². The largest absolute Gasteiger partial charge is 0.406 e. The molecule has 2 rings (SSSR count). The molecular weight excluding hydrogens is 232 g/mol. The van der Waals surface area contributed by atoms with Crippen LogP contribution in [0.1, 0.15) is 39.1 Å². The zero-order chi connectivity index (χ0) is 13.0. The summed E-state index contributed by atoms with van der Waals surface area (Å²) in [6, 6.07) is 0.704. The summed E-state index contributed by atoms with van der Waals surface area (Å²) in [6.07, 6.45) is 1.27. The van der Waals surface area contributed by atoms with Crippen LogP contribution < -0.4 is 10.2 Å². The lowest BCUT2D eigenvalue weighted by molar-refractivity contribution is 0.0366. The van der Waals surface area contributed by atoms with Crippen molar-refractivity contribution in [2.75, 3.05) is 31.1 Å². The number of anilines is 1. The molecule has 18 heavy (non-hydrogen) atoms. The first-order valence-electron chi connectivity index (χ1n) is 6.67. The minimum absolute atomic E-state index is 0.0965. The van der Waals surface area contributed by atoms with Crippen LogP contribution in [0.4, 0.5) is 6.01 Å². The molecule has 0 amide bonds. The Morgan fingerprint density at radius 3 is 3.00 bits per heavy atom. The van der Waals surface area contributed by atoms with E-state index in [4.69, 9.17) is 9.15 Å². The van der Waals surface area contributed by atoms with Crippen molar-refractivity contribution >= 4 is 6.01 Å². The standard InChI is InChI=1S/C12H22N4O2/c1-4-10-8-16(6-7-17-10)12-15-14-11(18-12)9(3)13-5-2/h9-10,13H,4-8H2,1-3H3. The number of morpholine rings is 1. The summed E-state index contributed by atoms with van der Waals surface area (Å²) in [6.45, 7) is 9.45. The fraction of sp³-hybridized carbons (Fsp3) is 0.833. The molecule has 0 radical (unpaired) electrons. The lowest BCUT2D eigenvalue weighted by Crippen LogP contribution is -2.42. The highest BCUT2D eigenvalue weighted by molar-refractivity contribution is 5.25. The molecule has 1 aliphatic rings. The van der Waals surface area contributed by atoms with Crippen molar-refractivity contribution in [3.05, 3.63) is 5.89 Å². The van der Waals surface area contributed by atoms with E-state index in [2.05, 4.69) is 34.3 Å². The molecule has 0 bridgehead atoms. The summed E-state index contributed by atoms with van der Waals surface area (Å²) in [4.78, 5) is 2.10. The molecule has 1 fully saturated rings. The fourth-order valence-electron chi connectivity index (χ4n) is 2.06. The van der Waals surface area contributed by atoms with Gasteiger partial charge in [0.15, 0.2) is 0 Å². The molecule has 0 aromatic carbocycles. The van der Waals surface area contributed by atoms with E-state index in [1.807, 2.05) is 6.92 Å². The predicted molar refractivity (Wildman–Crippen MR) is 68.6 cm³/mol. The number of aromatic nitrogens is 2. The van der Waals surface area contributed by atoms with Gasteiger partial charge in [0.1, 0.15) is 0 Å². The Balaban J connectivity index is 2.00. The Morgan fingerprint density at radius 1 is 1.44 bits per heavy atom. The third kappa shape index (κ3) is 3.00. The molecule has 1 saturated heterocycles. The fourth-order valence-corrected chi connectivity index (χ4v) is 2.06. The topological polar surface area (TPSA) is 63.4 Å². The minimum Gasteiger partial charge on any atom is -0.406 e. The van der Waals surface area contributed by atoms with Gasteiger partial charge in [-0.15, -0.1) is 5.10 Å². The Morgan fingerprint density at radius 2 is 2.28 bits per heavy atom. The molecular formula is C12H22N4O2. The molecule has 0 spiro atoms. The predicted octanol–water partition coefficient (Wildman–Crippen LogP) is 1.36. The molecule has 6 nitrogen and oxygen atoms in total. The molecule has 102 valence electrons. The average molecular weight is 254 g/mol. The van der Waals surface area contributed by atoms with Crippen molar-refractivity contribution in [1.82, 2.24) is 15.5 Å². The Labute approximate surface area is 108 Å². The van der Waals surface area contributed by atoms with Crippen molar-refractivity contribution in [2.45, 2.75) is 39.3 Å². The zero-order valence-corrected chi connectivity index (χ0v) is 11.3. The number of hydrogen-bond acceptors (Lipinski definition) is 6. The van der Waals surface area contributed by atoms with Crippen LogP contribution >= 0.6 is 0 Å². The van der Waals surface area contributed by atoms with Gasteiger partial charge >= 0.3 is 6.01 Å².